The van der Waals surface area contributed by atoms with Crippen LogP contribution in [0.2, 0.25) is 18.1 Å². The van der Waals surface area contributed by atoms with Crippen molar-refractivity contribution < 1.29 is 13.9 Å². The van der Waals surface area contributed by atoms with Gasteiger partial charge in [0.05, 0.1) is 6.20 Å². The molecule has 1 aromatic heterocycles. The highest BCUT2D eigenvalue weighted by Gasteiger charge is 2.39. The molecule has 7 heteroatoms. The first-order chi connectivity index (χ1) is 13.4. The molecule has 166 valence electrons. The highest BCUT2D eigenvalue weighted by molar-refractivity contribution is 6.74. The summed E-state index contributed by atoms with van der Waals surface area (Å²) < 4.78 is 21.6. The average molecular weight is 426 g/mol. The van der Waals surface area contributed by atoms with Gasteiger partial charge in [-0.3, -0.25) is 0 Å². The highest BCUT2D eigenvalue weighted by Crippen LogP contribution is 2.39. The van der Waals surface area contributed by atoms with E-state index in [1.54, 1.807) is 13.2 Å². The van der Waals surface area contributed by atoms with Crippen LogP contribution in [0, 0.1) is 5.92 Å². The summed E-state index contributed by atoms with van der Waals surface area (Å²) in [6, 6.07) is 0. The van der Waals surface area contributed by atoms with Crippen molar-refractivity contribution in [3.63, 3.8) is 0 Å². The van der Waals surface area contributed by atoms with E-state index in [0.717, 1.165) is 19.3 Å². The van der Waals surface area contributed by atoms with E-state index in [2.05, 4.69) is 64.0 Å². The maximum absolute atomic E-state index is 15.2. The number of aliphatic hydroxyl groups excluding tert-OH is 1. The van der Waals surface area contributed by atoms with E-state index in [4.69, 9.17) is 9.53 Å². The molecule has 1 N–H and O–H groups in total. The Kier molecular flexibility index (Phi) is 9.92. The number of aromatic nitrogens is 3. The fourth-order valence-corrected chi connectivity index (χ4v) is 3.92. The van der Waals surface area contributed by atoms with Crippen LogP contribution in [0.1, 0.15) is 66.0 Å². The number of hydrogen-bond donors (Lipinski definition) is 1. The van der Waals surface area contributed by atoms with E-state index in [1.807, 2.05) is 0 Å². The molecule has 1 aromatic rings. The number of allylic oxidation sites excluding steroid dienone is 1. The monoisotopic (exact) mass is 425 g/mol. The van der Waals surface area contributed by atoms with Crippen molar-refractivity contribution in [3.8, 4) is 0 Å². The van der Waals surface area contributed by atoms with Crippen molar-refractivity contribution in [3.05, 3.63) is 29.4 Å². The van der Waals surface area contributed by atoms with Crippen LogP contribution in [0.3, 0.4) is 0 Å². The molecule has 0 aromatic carbocycles. The van der Waals surface area contributed by atoms with Crippen LogP contribution in [-0.4, -0.2) is 41.1 Å². The normalized spacial score (nSPS) is 16.2. The van der Waals surface area contributed by atoms with Crippen molar-refractivity contribution >= 4 is 14.4 Å². The van der Waals surface area contributed by atoms with Crippen molar-refractivity contribution in [1.82, 2.24) is 15.0 Å². The largest absolute Gasteiger partial charge is 0.407 e. The van der Waals surface area contributed by atoms with Crippen LogP contribution in [0.4, 0.5) is 4.39 Å². The molecule has 0 radical (unpaired) electrons. The third kappa shape index (κ3) is 8.93. The van der Waals surface area contributed by atoms with Gasteiger partial charge in [-0.2, -0.15) is 15.0 Å². The van der Waals surface area contributed by atoms with Gasteiger partial charge in [-0.25, -0.2) is 4.39 Å². The minimum Gasteiger partial charge on any atom is -0.407 e. The zero-order valence-electron chi connectivity index (χ0n) is 19.5. The number of aryl methyl sites for hydroxylation is 1. The number of halogens is 1. The van der Waals surface area contributed by atoms with Gasteiger partial charge in [0, 0.05) is 19.7 Å². The van der Waals surface area contributed by atoms with Crippen LogP contribution in [-0.2, 0) is 11.5 Å². The Morgan fingerprint density at radius 1 is 1.38 bits per heavy atom. The molecule has 1 unspecified atom stereocenters. The van der Waals surface area contributed by atoms with Gasteiger partial charge < -0.3 is 9.53 Å². The highest BCUT2D eigenvalue weighted by atomic mass is 28.4. The zero-order chi connectivity index (χ0) is 22.2. The molecule has 0 aliphatic carbocycles. The van der Waals surface area contributed by atoms with Crippen molar-refractivity contribution in [2.24, 2.45) is 13.0 Å². The smallest absolute Gasteiger partial charge is 0.193 e. The topological polar surface area (TPSA) is 60.2 Å². The predicted octanol–water partition coefficient (Wildman–Crippen LogP) is 5.65. The molecular weight excluding hydrogens is 385 g/mol. The van der Waals surface area contributed by atoms with Gasteiger partial charge >= 0.3 is 0 Å². The minimum atomic E-state index is -2.14. The second-order valence-electron chi connectivity index (χ2n) is 9.62. The summed E-state index contributed by atoms with van der Waals surface area (Å²) in [6.07, 6.45) is 7.91. The van der Waals surface area contributed by atoms with Crippen molar-refractivity contribution in [1.29, 1.82) is 0 Å². The molecule has 5 nitrogen and oxygen atoms in total. The van der Waals surface area contributed by atoms with Gasteiger partial charge in [0.2, 0.25) is 0 Å². The molecule has 29 heavy (non-hydrogen) atoms. The second-order valence-corrected chi connectivity index (χ2v) is 14.4. The van der Waals surface area contributed by atoms with Crippen molar-refractivity contribution in [2.75, 3.05) is 6.61 Å². The zero-order valence-corrected chi connectivity index (χ0v) is 20.5. The third-order valence-electron chi connectivity index (χ3n) is 5.71. The van der Waals surface area contributed by atoms with Gasteiger partial charge in [-0.1, -0.05) is 39.3 Å². The van der Waals surface area contributed by atoms with E-state index in [1.165, 1.54) is 16.4 Å². The quantitative estimate of drug-likeness (QED) is 0.367. The lowest BCUT2D eigenvalue weighted by Gasteiger charge is -2.38. The molecule has 0 bridgehead atoms. The van der Waals surface area contributed by atoms with E-state index >= 15 is 4.39 Å². The van der Waals surface area contributed by atoms with Gasteiger partial charge in [-0.15, -0.1) is 0 Å². The van der Waals surface area contributed by atoms with E-state index in [9.17, 15) is 0 Å². The Hall–Kier alpha value is -1.31. The minimum absolute atomic E-state index is 0.00270. The molecule has 0 spiro atoms. The maximum Gasteiger partial charge on any atom is 0.193 e. The lowest BCUT2D eigenvalue weighted by Crippen LogP contribution is -2.44. The molecule has 0 amide bonds. The van der Waals surface area contributed by atoms with Crippen LogP contribution >= 0.6 is 0 Å². The first-order valence-corrected chi connectivity index (χ1v) is 13.4. The summed E-state index contributed by atoms with van der Waals surface area (Å²) in [5, 5.41) is 17.3. The van der Waals surface area contributed by atoms with Crippen LogP contribution < -0.4 is 0 Å². The second kappa shape index (κ2) is 11.2. The van der Waals surface area contributed by atoms with Gasteiger partial charge in [0.25, 0.3) is 0 Å². The van der Waals surface area contributed by atoms with Crippen LogP contribution in [0.25, 0.3) is 6.08 Å². The lowest BCUT2D eigenvalue weighted by atomic mass is 10.0. The summed E-state index contributed by atoms with van der Waals surface area (Å²) in [5.41, 5.74) is 1.72. The fourth-order valence-electron chi connectivity index (χ4n) is 2.64. The van der Waals surface area contributed by atoms with Crippen molar-refractivity contribution in [2.45, 2.75) is 84.5 Å². The Balaban J connectivity index is 2.92. The Labute approximate surface area is 177 Å². The van der Waals surface area contributed by atoms with Crippen LogP contribution in [0.15, 0.2) is 23.7 Å². The van der Waals surface area contributed by atoms with Gasteiger partial charge in [0.1, 0.15) is 17.6 Å². The third-order valence-corrected chi connectivity index (χ3v) is 10.2. The molecule has 0 saturated heterocycles. The first kappa shape index (κ1) is 25.7. The molecular formula is C22H40FN3O2Si. The van der Waals surface area contributed by atoms with E-state index in [-0.39, 0.29) is 17.5 Å². The molecule has 0 saturated carbocycles. The van der Waals surface area contributed by atoms with E-state index in [0.29, 0.717) is 18.0 Å². The van der Waals surface area contributed by atoms with Gasteiger partial charge in [0.15, 0.2) is 8.32 Å². The Morgan fingerprint density at radius 2 is 2.03 bits per heavy atom. The number of nitrogens with zero attached hydrogens (tertiary/aromatic N) is 3. The number of hydrogen-bond acceptors (Lipinski definition) is 4. The molecule has 1 heterocycles. The Morgan fingerprint density at radius 3 is 2.55 bits per heavy atom. The molecule has 0 fully saturated rings. The van der Waals surface area contributed by atoms with Crippen LogP contribution in [0.5, 0.6) is 0 Å². The molecule has 0 aliphatic heterocycles. The summed E-state index contributed by atoms with van der Waals surface area (Å²) >= 11 is 0. The Bertz CT molecular complexity index is 692. The lowest BCUT2D eigenvalue weighted by molar-refractivity contribution is 0.191. The number of aliphatic hydroxyl groups is 1. The summed E-state index contributed by atoms with van der Waals surface area (Å²) in [6.45, 7) is 15.1. The number of rotatable bonds is 11. The maximum atomic E-state index is 15.2. The summed E-state index contributed by atoms with van der Waals surface area (Å²) in [7, 11) is -0.428. The predicted molar refractivity (Wildman–Crippen MR) is 121 cm³/mol. The average Bonchev–Trinajstić information content (AvgIpc) is 3.01. The summed E-state index contributed by atoms with van der Waals surface area (Å²) in [5.74, 6) is 0.0121. The van der Waals surface area contributed by atoms with Gasteiger partial charge in [-0.05, 0) is 56.7 Å². The fraction of sp³-hybridized carbons (Fsp3) is 0.727. The first-order valence-electron chi connectivity index (χ1n) is 10.5. The molecule has 1 rings (SSSR count). The standard InChI is InChI=1S/C22H40FN3O2Si/c1-17(10-9-11-18(2)16-27)12-13-21(28-29(7,8)22(3,4)5)20(23)14-19-15-24-26(6)25-19/h12,14-15,18,21,27H,9-11,13,16H2,1-8H3/b17-12+,20-14-/t18?,21-/m0/s1. The van der Waals surface area contributed by atoms with E-state index < -0.39 is 14.4 Å². The molecule has 0 aliphatic rings. The summed E-state index contributed by atoms with van der Waals surface area (Å²) in [4.78, 5) is 1.42. The SMILES string of the molecule is C/C(=C\C[C@H](O[Si](C)(C)C(C)(C)C)/C(F)=C/c1cnn(C)n1)CCCC(C)CO. The molecule has 2 atom stereocenters.